The van der Waals surface area contributed by atoms with Crippen LogP contribution in [-0.2, 0) is 20.7 Å². The van der Waals surface area contributed by atoms with E-state index in [2.05, 4.69) is 15.9 Å². The molecule has 0 fully saturated rings. The number of alkyl halides is 1. The molecule has 0 saturated heterocycles. The van der Waals surface area contributed by atoms with Gasteiger partial charge in [0, 0.05) is 11.9 Å². The van der Waals surface area contributed by atoms with Crippen LogP contribution in [0.2, 0.25) is 0 Å². The quantitative estimate of drug-likeness (QED) is 0.510. The molecule has 1 N–H and O–H groups in total. The summed E-state index contributed by atoms with van der Waals surface area (Å²) in [6.45, 7) is 5.82. The minimum absolute atomic E-state index is 0.0331. The van der Waals surface area contributed by atoms with Gasteiger partial charge >= 0.3 is 11.9 Å². The van der Waals surface area contributed by atoms with E-state index < -0.39 is 23.6 Å². The number of carboxylic acids is 1. The number of hydrogen-bond donors (Lipinski definition) is 1. The zero-order chi connectivity index (χ0) is 18.2. The lowest BCUT2D eigenvalue weighted by atomic mass is 10.0. The lowest BCUT2D eigenvalue weighted by molar-refractivity contribution is -0.158. The van der Waals surface area contributed by atoms with E-state index in [0.29, 0.717) is 24.7 Å². The predicted molar refractivity (Wildman–Crippen MR) is 97.4 cm³/mol. The molecule has 0 radical (unpaired) electrons. The van der Waals surface area contributed by atoms with Gasteiger partial charge in [0.1, 0.15) is 11.6 Å². The first-order valence-corrected chi connectivity index (χ1v) is 9.13. The summed E-state index contributed by atoms with van der Waals surface area (Å²) in [5, 5.41) is 10.2. The summed E-state index contributed by atoms with van der Waals surface area (Å²) in [4.78, 5) is 25.4. The van der Waals surface area contributed by atoms with Crippen molar-refractivity contribution in [3.05, 3.63) is 35.9 Å². The maximum atomic E-state index is 12.1. The largest absolute Gasteiger partial charge is 0.480 e. The van der Waals surface area contributed by atoms with Crippen LogP contribution in [0.3, 0.4) is 0 Å². The number of esters is 1. The summed E-state index contributed by atoms with van der Waals surface area (Å²) in [7, 11) is 0. The number of carbonyl (C=O) groups excluding carboxylic acids is 1. The van der Waals surface area contributed by atoms with Crippen molar-refractivity contribution in [1.29, 1.82) is 0 Å². The highest BCUT2D eigenvalue weighted by Crippen LogP contribution is 2.13. The molecule has 134 valence electrons. The molecule has 6 heteroatoms. The van der Waals surface area contributed by atoms with Crippen molar-refractivity contribution in [2.75, 3.05) is 18.4 Å². The molecule has 0 heterocycles. The molecule has 0 spiro atoms. The smallest absolute Gasteiger partial charge is 0.320 e. The van der Waals surface area contributed by atoms with E-state index in [0.717, 1.165) is 5.56 Å². The highest BCUT2D eigenvalue weighted by Gasteiger charge is 2.28. The van der Waals surface area contributed by atoms with Gasteiger partial charge in [0.2, 0.25) is 0 Å². The van der Waals surface area contributed by atoms with Crippen LogP contribution in [0.4, 0.5) is 0 Å². The van der Waals surface area contributed by atoms with E-state index in [4.69, 9.17) is 4.74 Å². The van der Waals surface area contributed by atoms with Crippen molar-refractivity contribution < 1.29 is 19.4 Å². The van der Waals surface area contributed by atoms with Gasteiger partial charge in [-0.3, -0.25) is 14.5 Å². The molecule has 0 amide bonds. The monoisotopic (exact) mass is 399 g/mol. The zero-order valence-corrected chi connectivity index (χ0v) is 16.1. The summed E-state index contributed by atoms with van der Waals surface area (Å²) in [6, 6.07) is 9.01. The topological polar surface area (TPSA) is 66.8 Å². The molecular formula is C18H26BrNO4. The number of aliphatic carboxylic acids is 1. The Balaban J connectivity index is 2.75. The Morgan fingerprint density at radius 1 is 1.25 bits per heavy atom. The van der Waals surface area contributed by atoms with Crippen LogP contribution in [0.1, 0.15) is 32.8 Å². The van der Waals surface area contributed by atoms with Crippen molar-refractivity contribution in [3.63, 3.8) is 0 Å². The average molecular weight is 400 g/mol. The van der Waals surface area contributed by atoms with Crippen LogP contribution >= 0.6 is 15.9 Å². The third kappa shape index (κ3) is 7.93. The third-order valence-electron chi connectivity index (χ3n) is 3.40. The van der Waals surface area contributed by atoms with E-state index in [1.165, 1.54) is 0 Å². The summed E-state index contributed by atoms with van der Waals surface area (Å²) < 4.78 is 5.32. The molecule has 5 nitrogen and oxygen atoms in total. The van der Waals surface area contributed by atoms with E-state index in [1.54, 1.807) is 25.7 Å². The molecule has 0 aliphatic carbocycles. The molecule has 1 aromatic rings. The van der Waals surface area contributed by atoms with E-state index in [1.807, 2.05) is 30.3 Å². The minimum atomic E-state index is -0.921. The fourth-order valence-electron chi connectivity index (χ4n) is 2.40. The van der Waals surface area contributed by atoms with Gasteiger partial charge in [0.15, 0.2) is 0 Å². The number of ether oxygens (including phenoxy) is 1. The molecule has 0 aliphatic heterocycles. The number of halogens is 1. The second kappa shape index (κ2) is 9.79. The van der Waals surface area contributed by atoms with E-state index in [-0.39, 0.29) is 6.54 Å². The first kappa shape index (κ1) is 20.6. The first-order chi connectivity index (χ1) is 11.2. The van der Waals surface area contributed by atoms with Crippen LogP contribution in [0.5, 0.6) is 0 Å². The summed E-state index contributed by atoms with van der Waals surface area (Å²) >= 11 is 3.33. The highest BCUT2D eigenvalue weighted by molar-refractivity contribution is 9.09. The molecule has 1 atom stereocenters. The van der Waals surface area contributed by atoms with Crippen LogP contribution in [-0.4, -0.2) is 52.0 Å². The minimum Gasteiger partial charge on any atom is -0.480 e. The van der Waals surface area contributed by atoms with Crippen molar-refractivity contribution >= 4 is 27.9 Å². The number of benzene rings is 1. The van der Waals surface area contributed by atoms with Gasteiger partial charge in [-0.25, -0.2) is 0 Å². The number of rotatable bonds is 9. The van der Waals surface area contributed by atoms with Crippen molar-refractivity contribution in [2.24, 2.45) is 0 Å². The zero-order valence-electron chi connectivity index (χ0n) is 14.5. The molecule has 1 aromatic carbocycles. The molecule has 0 bridgehead atoms. The normalized spacial score (nSPS) is 12.9. The van der Waals surface area contributed by atoms with Gasteiger partial charge in [0.05, 0.1) is 6.54 Å². The fraction of sp³-hybridized carbons (Fsp3) is 0.556. The van der Waals surface area contributed by atoms with Gasteiger partial charge in [0.25, 0.3) is 0 Å². The standard InChI is InChI=1S/C18H26BrNO4/c1-18(2,3)24-16(21)13-20(12-11-19)15(17(22)23)10-9-14-7-5-4-6-8-14/h4-8,15H,9-13H2,1-3H3,(H,22,23). The van der Waals surface area contributed by atoms with Gasteiger partial charge in [-0.2, -0.15) is 0 Å². The van der Waals surface area contributed by atoms with Crippen LogP contribution in [0.15, 0.2) is 30.3 Å². The average Bonchev–Trinajstić information content (AvgIpc) is 2.46. The fourth-order valence-corrected chi connectivity index (χ4v) is 2.86. The Morgan fingerprint density at radius 2 is 1.88 bits per heavy atom. The Bertz CT molecular complexity index is 528. The molecule has 24 heavy (non-hydrogen) atoms. The molecule has 0 aliphatic rings. The Hall–Kier alpha value is -1.40. The van der Waals surface area contributed by atoms with Crippen molar-refractivity contribution in [3.8, 4) is 0 Å². The molecule has 1 unspecified atom stereocenters. The Kier molecular flexibility index (Phi) is 8.42. The molecule has 0 saturated carbocycles. The van der Waals surface area contributed by atoms with Gasteiger partial charge < -0.3 is 9.84 Å². The van der Waals surface area contributed by atoms with Gasteiger partial charge in [-0.1, -0.05) is 46.3 Å². The number of hydrogen-bond acceptors (Lipinski definition) is 4. The summed E-state index contributed by atoms with van der Waals surface area (Å²) in [5.74, 6) is -1.33. The Morgan fingerprint density at radius 3 is 2.38 bits per heavy atom. The van der Waals surface area contributed by atoms with Crippen LogP contribution in [0.25, 0.3) is 0 Å². The molecule has 1 rings (SSSR count). The SMILES string of the molecule is CC(C)(C)OC(=O)CN(CCBr)C(CCc1ccccc1)C(=O)O. The highest BCUT2D eigenvalue weighted by atomic mass is 79.9. The number of aryl methyl sites for hydroxylation is 1. The second-order valence-electron chi connectivity index (χ2n) is 6.62. The lowest BCUT2D eigenvalue weighted by Gasteiger charge is -2.29. The molecule has 0 aromatic heterocycles. The second-order valence-corrected chi connectivity index (χ2v) is 7.42. The number of nitrogens with zero attached hydrogens (tertiary/aromatic N) is 1. The van der Waals surface area contributed by atoms with Gasteiger partial charge in [-0.05, 0) is 39.2 Å². The van der Waals surface area contributed by atoms with E-state index >= 15 is 0 Å². The third-order valence-corrected chi connectivity index (χ3v) is 3.75. The summed E-state index contributed by atoms with van der Waals surface area (Å²) in [6.07, 6.45) is 1.08. The maximum absolute atomic E-state index is 12.1. The van der Waals surface area contributed by atoms with Gasteiger partial charge in [-0.15, -0.1) is 0 Å². The number of carbonyl (C=O) groups is 2. The lowest BCUT2D eigenvalue weighted by Crippen LogP contribution is -2.46. The Labute approximate surface area is 152 Å². The maximum Gasteiger partial charge on any atom is 0.320 e. The molecular weight excluding hydrogens is 374 g/mol. The van der Waals surface area contributed by atoms with Crippen LogP contribution < -0.4 is 0 Å². The predicted octanol–water partition coefficient (Wildman–Crippen LogP) is 3.11. The van der Waals surface area contributed by atoms with Crippen molar-refractivity contribution in [1.82, 2.24) is 4.90 Å². The summed E-state index contributed by atoms with van der Waals surface area (Å²) in [5.41, 5.74) is 0.500. The van der Waals surface area contributed by atoms with Crippen molar-refractivity contribution in [2.45, 2.75) is 45.3 Å². The van der Waals surface area contributed by atoms with Crippen LogP contribution in [0, 0.1) is 0 Å². The number of carboxylic acid groups (broad SMARTS) is 1. The first-order valence-electron chi connectivity index (χ1n) is 8.01. The van der Waals surface area contributed by atoms with E-state index in [9.17, 15) is 14.7 Å².